The largest absolute Gasteiger partial charge is 0.362 e. The van der Waals surface area contributed by atoms with Crippen LogP contribution < -0.4 is 10.6 Å². The van der Waals surface area contributed by atoms with Gasteiger partial charge in [-0.15, -0.1) is 0 Å². The van der Waals surface area contributed by atoms with Crippen molar-refractivity contribution >= 4 is 17.5 Å². The number of benzene rings is 1. The summed E-state index contributed by atoms with van der Waals surface area (Å²) in [5.74, 6) is 1.89. The summed E-state index contributed by atoms with van der Waals surface area (Å²) in [7, 11) is 0. The van der Waals surface area contributed by atoms with Gasteiger partial charge in [-0.05, 0) is 61.5 Å². The zero-order chi connectivity index (χ0) is 20.4. The van der Waals surface area contributed by atoms with E-state index in [-0.39, 0.29) is 23.2 Å². The number of nitrogens with zero attached hydrogens (tertiary/aromatic N) is 1. The van der Waals surface area contributed by atoms with Gasteiger partial charge in [0.15, 0.2) is 0 Å². The van der Waals surface area contributed by atoms with E-state index in [0.717, 1.165) is 44.5 Å². The van der Waals surface area contributed by atoms with E-state index in [1.807, 2.05) is 24.3 Å². The highest BCUT2D eigenvalue weighted by Crippen LogP contribution is 2.59. The van der Waals surface area contributed by atoms with Crippen LogP contribution in [0, 0.1) is 29.1 Å². The summed E-state index contributed by atoms with van der Waals surface area (Å²) in [5, 5.41) is 7.02. The molecule has 6 atom stereocenters. The first-order chi connectivity index (χ1) is 13.8. The van der Waals surface area contributed by atoms with Crippen LogP contribution in [0.2, 0.25) is 0 Å². The fourth-order valence-electron chi connectivity index (χ4n) is 6.89. The van der Waals surface area contributed by atoms with E-state index in [2.05, 4.69) is 36.3 Å². The predicted octanol–water partition coefficient (Wildman–Crippen LogP) is 3.87. The second kappa shape index (κ2) is 6.48. The van der Waals surface area contributed by atoms with Gasteiger partial charge in [-0.2, -0.15) is 0 Å². The van der Waals surface area contributed by atoms with Crippen LogP contribution in [0.15, 0.2) is 24.3 Å². The molecule has 4 fully saturated rings. The van der Waals surface area contributed by atoms with Crippen molar-refractivity contribution in [1.82, 2.24) is 10.2 Å². The van der Waals surface area contributed by atoms with Crippen LogP contribution in [0.3, 0.4) is 0 Å². The Morgan fingerprint density at radius 2 is 1.83 bits per heavy atom. The Morgan fingerprint density at radius 1 is 1.10 bits per heavy atom. The second-order valence-corrected chi connectivity index (χ2v) is 10.6. The summed E-state index contributed by atoms with van der Waals surface area (Å²) in [4.78, 5) is 28.6. The van der Waals surface area contributed by atoms with Crippen LogP contribution >= 0.6 is 0 Å². The van der Waals surface area contributed by atoms with E-state index in [4.69, 9.17) is 0 Å². The maximum Gasteiger partial charge on any atom is 0.255 e. The van der Waals surface area contributed by atoms with Crippen molar-refractivity contribution in [1.29, 1.82) is 0 Å². The number of carbonyl (C=O) groups excluding carboxylic acids is 2. The normalized spacial score (nSPS) is 40.9. The van der Waals surface area contributed by atoms with E-state index < -0.39 is 5.66 Å². The van der Waals surface area contributed by atoms with Crippen LogP contribution in [0.4, 0.5) is 5.69 Å². The van der Waals surface area contributed by atoms with Crippen molar-refractivity contribution in [2.24, 2.45) is 29.1 Å². The van der Waals surface area contributed by atoms with Gasteiger partial charge in [-0.25, -0.2) is 0 Å². The average Bonchev–Trinajstić information content (AvgIpc) is 2.66. The molecule has 29 heavy (non-hydrogen) atoms. The third-order valence-corrected chi connectivity index (χ3v) is 8.15. The molecule has 0 aromatic heterocycles. The molecule has 3 saturated carbocycles. The standard InChI is InChI=1S/C24H33N3O2/c1-15-10-16(2)13-27(12-15)22(29)19-11-17-8-9-23(19,3)14-24(17)25-20-7-5-4-6-18(20)21(28)26-24/h4-7,15-17,19,25H,8-14H2,1-3H3,(H,26,28)/t15-,16-,17-,19-,23+,24+/m1/s1. The highest BCUT2D eigenvalue weighted by Gasteiger charge is 2.60. The van der Waals surface area contributed by atoms with Crippen molar-refractivity contribution in [2.45, 2.75) is 58.5 Å². The molecular weight excluding hydrogens is 362 g/mol. The molecule has 0 radical (unpaired) electrons. The first-order valence-electron chi connectivity index (χ1n) is 11.3. The number of rotatable bonds is 1. The van der Waals surface area contributed by atoms with Crippen molar-refractivity contribution in [3.8, 4) is 0 Å². The molecule has 1 spiro atoms. The van der Waals surface area contributed by atoms with Gasteiger partial charge in [0.25, 0.3) is 5.91 Å². The number of hydrogen-bond acceptors (Lipinski definition) is 3. The summed E-state index contributed by atoms with van der Waals surface area (Å²) in [6.07, 6.45) is 5.02. The van der Waals surface area contributed by atoms with Gasteiger partial charge in [0.2, 0.25) is 5.91 Å². The van der Waals surface area contributed by atoms with Crippen LogP contribution in [0.1, 0.15) is 63.2 Å². The summed E-state index contributed by atoms with van der Waals surface area (Å²) >= 11 is 0. The number of carbonyl (C=O) groups is 2. The average molecular weight is 396 g/mol. The Bertz CT molecular complexity index is 844. The molecule has 0 unspecified atom stereocenters. The molecule has 5 aliphatic rings. The van der Waals surface area contributed by atoms with Gasteiger partial charge < -0.3 is 15.5 Å². The molecule has 2 N–H and O–H groups in total. The smallest absolute Gasteiger partial charge is 0.255 e. The van der Waals surface area contributed by atoms with Crippen molar-refractivity contribution < 1.29 is 9.59 Å². The van der Waals surface area contributed by atoms with Gasteiger partial charge in [0.05, 0.1) is 5.56 Å². The van der Waals surface area contributed by atoms with Crippen LogP contribution in [-0.4, -0.2) is 35.5 Å². The zero-order valence-corrected chi connectivity index (χ0v) is 17.8. The topological polar surface area (TPSA) is 61.4 Å². The Labute approximate surface area is 173 Å². The number of fused-ring (bicyclic) bond motifs is 3. The summed E-state index contributed by atoms with van der Waals surface area (Å²) in [6, 6.07) is 7.76. The molecule has 5 heteroatoms. The number of para-hydroxylation sites is 1. The molecule has 6 rings (SSSR count). The molecule has 156 valence electrons. The lowest BCUT2D eigenvalue weighted by molar-refractivity contribution is -0.153. The van der Waals surface area contributed by atoms with E-state index in [0.29, 0.717) is 23.3 Å². The lowest BCUT2D eigenvalue weighted by Gasteiger charge is -2.61. The van der Waals surface area contributed by atoms with E-state index in [9.17, 15) is 9.59 Å². The highest BCUT2D eigenvalue weighted by molar-refractivity contribution is 6.02. The third kappa shape index (κ3) is 2.96. The summed E-state index contributed by atoms with van der Waals surface area (Å²) in [6.45, 7) is 8.59. The van der Waals surface area contributed by atoms with Crippen molar-refractivity contribution in [3.05, 3.63) is 29.8 Å². The number of hydrogen-bond donors (Lipinski definition) is 2. The summed E-state index contributed by atoms with van der Waals surface area (Å²) in [5.41, 5.74) is 1.14. The molecule has 3 aliphatic carbocycles. The van der Waals surface area contributed by atoms with E-state index in [1.54, 1.807) is 0 Å². The molecule has 2 bridgehead atoms. The Kier molecular flexibility index (Phi) is 4.24. The molecule has 2 amide bonds. The number of amides is 2. The van der Waals surface area contributed by atoms with Gasteiger partial charge in [-0.3, -0.25) is 9.59 Å². The minimum atomic E-state index is -0.419. The lowest BCUT2D eigenvalue weighted by atomic mass is 9.51. The maximum absolute atomic E-state index is 13.6. The molecular formula is C24H33N3O2. The minimum Gasteiger partial charge on any atom is -0.362 e. The fourth-order valence-corrected chi connectivity index (χ4v) is 6.89. The highest BCUT2D eigenvalue weighted by atomic mass is 16.2. The van der Waals surface area contributed by atoms with E-state index in [1.165, 1.54) is 6.42 Å². The van der Waals surface area contributed by atoms with Crippen molar-refractivity contribution in [2.75, 3.05) is 18.4 Å². The first-order valence-corrected chi connectivity index (χ1v) is 11.3. The molecule has 5 nitrogen and oxygen atoms in total. The molecule has 2 heterocycles. The summed E-state index contributed by atoms with van der Waals surface area (Å²) < 4.78 is 0. The quantitative estimate of drug-likeness (QED) is 0.759. The van der Waals surface area contributed by atoms with Gasteiger partial charge in [0, 0.05) is 30.6 Å². The SMILES string of the molecule is C[C@@H]1C[C@@H](C)CN(C(=O)[C@H]2C[C@H]3CC[C@@]2(C)C[C@]32NC(=O)c3ccccc3N2)C1. The number of likely N-dealkylation sites (tertiary alicyclic amines) is 1. The molecule has 2 aliphatic heterocycles. The molecule has 1 saturated heterocycles. The number of nitrogens with one attached hydrogen (secondary N) is 2. The number of piperidine rings is 1. The Hall–Kier alpha value is -2.04. The lowest BCUT2D eigenvalue weighted by Crippen LogP contribution is -2.70. The monoisotopic (exact) mass is 395 g/mol. The minimum absolute atomic E-state index is 0.0112. The fraction of sp³-hybridized carbons (Fsp3) is 0.667. The van der Waals surface area contributed by atoms with Crippen LogP contribution in [-0.2, 0) is 4.79 Å². The number of anilines is 1. The van der Waals surface area contributed by atoms with Gasteiger partial charge in [0.1, 0.15) is 5.66 Å². The van der Waals surface area contributed by atoms with Gasteiger partial charge in [-0.1, -0.05) is 32.9 Å². The zero-order valence-electron chi connectivity index (χ0n) is 17.8. The Morgan fingerprint density at radius 3 is 2.55 bits per heavy atom. The second-order valence-electron chi connectivity index (χ2n) is 10.6. The van der Waals surface area contributed by atoms with Gasteiger partial charge >= 0.3 is 0 Å². The third-order valence-electron chi connectivity index (χ3n) is 8.15. The van der Waals surface area contributed by atoms with Crippen LogP contribution in [0.25, 0.3) is 0 Å². The maximum atomic E-state index is 13.6. The van der Waals surface area contributed by atoms with Crippen molar-refractivity contribution in [3.63, 3.8) is 0 Å². The molecule has 1 aromatic rings. The van der Waals surface area contributed by atoms with E-state index >= 15 is 0 Å². The van der Waals surface area contributed by atoms with Crippen LogP contribution in [0.5, 0.6) is 0 Å². The molecule has 1 aromatic carbocycles. The predicted molar refractivity (Wildman–Crippen MR) is 113 cm³/mol. The Balaban J connectivity index is 1.41. The first kappa shape index (κ1) is 19.0.